The molecule has 2 amide bonds. The Morgan fingerprint density at radius 2 is 1.75 bits per heavy atom. The first kappa shape index (κ1) is 17.7. The van der Waals surface area contributed by atoms with Crippen LogP contribution in [0.15, 0.2) is 47.1 Å². The van der Waals surface area contributed by atoms with Crippen molar-refractivity contribution in [1.29, 1.82) is 0 Å². The molecule has 1 aromatic carbocycles. The fourth-order valence-corrected chi connectivity index (χ4v) is 2.15. The van der Waals surface area contributed by atoms with Gasteiger partial charge in [-0.15, -0.1) is 0 Å². The Morgan fingerprint density at radius 3 is 2.33 bits per heavy atom. The van der Waals surface area contributed by atoms with Gasteiger partial charge in [-0.2, -0.15) is 0 Å². The predicted octanol–water partition coefficient (Wildman–Crippen LogP) is 1.98. The predicted molar refractivity (Wildman–Crippen MR) is 89.5 cm³/mol. The molecule has 0 saturated heterocycles. The van der Waals surface area contributed by atoms with Gasteiger partial charge in [0.15, 0.2) is 5.76 Å². The summed E-state index contributed by atoms with van der Waals surface area (Å²) in [5.74, 6) is -0.269. The number of furan rings is 1. The van der Waals surface area contributed by atoms with E-state index in [0.717, 1.165) is 5.56 Å². The monoisotopic (exact) mass is 330 g/mol. The standard InChI is InChI=1S/C18H22N2O4/c1-12(2)13-5-7-14(8-6-13)15(21)10-19-17(22)11-20-18(23)16-4-3-9-24-16/h3-9,12,15,21H,10-11H2,1-2H3,(H,19,22)(H,20,23). The number of aliphatic hydroxyl groups is 1. The van der Waals surface area contributed by atoms with Crippen molar-refractivity contribution in [2.75, 3.05) is 13.1 Å². The van der Waals surface area contributed by atoms with Crippen molar-refractivity contribution in [3.05, 3.63) is 59.5 Å². The van der Waals surface area contributed by atoms with Gasteiger partial charge in [0.05, 0.1) is 18.9 Å². The number of nitrogens with one attached hydrogen (secondary N) is 2. The first-order valence-electron chi connectivity index (χ1n) is 7.83. The van der Waals surface area contributed by atoms with Crippen molar-refractivity contribution in [3.8, 4) is 0 Å². The number of benzene rings is 1. The lowest BCUT2D eigenvalue weighted by atomic mass is 10.00. The molecule has 6 heteroatoms. The molecule has 2 rings (SSSR count). The number of amides is 2. The van der Waals surface area contributed by atoms with E-state index in [4.69, 9.17) is 4.42 Å². The molecule has 0 bridgehead atoms. The number of rotatable bonds is 7. The Morgan fingerprint density at radius 1 is 1.08 bits per heavy atom. The van der Waals surface area contributed by atoms with Gasteiger partial charge < -0.3 is 20.2 Å². The first-order valence-corrected chi connectivity index (χ1v) is 7.83. The van der Waals surface area contributed by atoms with E-state index in [0.29, 0.717) is 5.92 Å². The van der Waals surface area contributed by atoms with Gasteiger partial charge in [-0.05, 0) is 29.2 Å². The van der Waals surface area contributed by atoms with Crippen LogP contribution in [0.3, 0.4) is 0 Å². The molecule has 3 N–H and O–H groups in total. The Bertz CT molecular complexity index is 663. The molecule has 1 atom stereocenters. The summed E-state index contributed by atoms with van der Waals surface area (Å²) in [7, 11) is 0. The second-order valence-corrected chi connectivity index (χ2v) is 5.80. The zero-order chi connectivity index (χ0) is 17.5. The highest BCUT2D eigenvalue weighted by Gasteiger charge is 2.12. The first-order chi connectivity index (χ1) is 11.5. The third-order valence-electron chi connectivity index (χ3n) is 3.63. The molecule has 0 saturated carbocycles. The van der Waals surface area contributed by atoms with Crippen LogP contribution in [0.25, 0.3) is 0 Å². The lowest BCUT2D eigenvalue weighted by molar-refractivity contribution is -0.120. The van der Waals surface area contributed by atoms with Crippen LogP contribution in [0.4, 0.5) is 0 Å². The molecule has 128 valence electrons. The van der Waals surface area contributed by atoms with E-state index in [-0.39, 0.29) is 24.8 Å². The van der Waals surface area contributed by atoms with Crippen LogP contribution in [-0.4, -0.2) is 30.0 Å². The van der Waals surface area contributed by atoms with Crippen LogP contribution < -0.4 is 10.6 Å². The number of carbonyl (C=O) groups excluding carboxylic acids is 2. The Balaban J connectivity index is 1.75. The van der Waals surface area contributed by atoms with Crippen molar-refractivity contribution in [1.82, 2.24) is 10.6 Å². The lowest BCUT2D eigenvalue weighted by Crippen LogP contribution is -2.38. The summed E-state index contributed by atoms with van der Waals surface area (Å²) in [6.07, 6.45) is 0.589. The second kappa shape index (κ2) is 8.31. The molecule has 0 radical (unpaired) electrons. The maximum atomic E-state index is 11.7. The molecular formula is C18H22N2O4. The molecular weight excluding hydrogens is 308 g/mol. The molecule has 1 heterocycles. The summed E-state index contributed by atoms with van der Waals surface area (Å²) < 4.78 is 4.93. The molecule has 0 aliphatic rings. The molecule has 24 heavy (non-hydrogen) atoms. The fourth-order valence-electron chi connectivity index (χ4n) is 2.15. The van der Waals surface area contributed by atoms with Gasteiger partial charge in [0.25, 0.3) is 5.91 Å². The fraction of sp³-hybridized carbons (Fsp3) is 0.333. The normalized spacial score (nSPS) is 12.0. The molecule has 0 fully saturated rings. The maximum Gasteiger partial charge on any atom is 0.287 e. The van der Waals surface area contributed by atoms with Gasteiger partial charge in [0.2, 0.25) is 5.91 Å². The van der Waals surface area contributed by atoms with Gasteiger partial charge in [-0.1, -0.05) is 38.1 Å². The highest BCUT2D eigenvalue weighted by molar-refractivity contribution is 5.94. The van der Waals surface area contributed by atoms with Gasteiger partial charge in [-0.25, -0.2) is 0 Å². The molecule has 0 aliphatic heterocycles. The number of aliphatic hydroxyl groups excluding tert-OH is 1. The van der Waals surface area contributed by atoms with Gasteiger partial charge in [0, 0.05) is 6.54 Å². The molecule has 1 unspecified atom stereocenters. The summed E-state index contributed by atoms with van der Waals surface area (Å²) in [5, 5.41) is 15.1. The molecule has 2 aromatic rings. The van der Waals surface area contributed by atoms with Crippen molar-refractivity contribution in [3.63, 3.8) is 0 Å². The Labute approximate surface area is 140 Å². The van der Waals surface area contributed by atoms with Crippen molar-refractivity contribution in [2.45, 2.75) is 25.9 Å². The van der Waals surface area contributed by atoms with Crippen LogP contribution in [0.2, 0.25) is 0 Å². The molecule has 0 aliphatic carbocycles. The van der Waals surface area contributed by atoms with Crippen LogP contribution in [0, 0.1) is 0 Å². The van der Waals surface area contributed by atoms with Crippen LogP contribution in [0.1, 0.15) is 47.6 Å². The average molecular weight is 330 g/mol. The van der Waals surface area contributed by atoms with E-state index in [9.17, 15) is 14.7 Å². The quantitative estimate of drug-likeness (QED) is 0.724. The number of carbonyl (C=O) groups is 2. The average Bonchev–Trinajstić information content (AvgIpc) is 3.12. The minimum atomic E-state index is -0.795. The van der Waals surface area contributed by atoms with E-state index in [2.05, 4.69) is 24.5 Å². The van der Waals surface area contributed by atoms with Crippen LogP contribution in [-0.2, 0) is 4.79 Å². The Hall–Kier alpha value is -2.60. The van der Waals surface area contributed by atoms with Crippen LogP contribution in [0.5, 0.6) is 0 Å². The topological polar surface area (TPSA) is 91.6 Å². The lowest BCUT2D eigenvalue weighted by Gasteiger charge is -2.14. The molecule has 1 aromatic heterocycles. The SMILES string of the molecule is CC(C)c1ccc(C(O)CNC(=O)CNC(=O)c2ccco2)cc1. The van der Waals surface area contributed by atoms with E-state index >= 15 is 0 Å². The minimum Gasteiger partial charge on any atom is -0.459 e. The number of hydrogen-bond acceptors (Lipinski definition) is 4. The van der Waals surface area contributed by atoms with Crippen molar-refractivity contribution in [2.24, 2.45) is 0 Å². The highest BCUT2D eigenvalue weighted by Crippen LogP contribution is 2.18. The highest BCUT2D eigenvalue weighted by atomic mass is 16.3. The van der Waals surface area contributed by atoms with E-state index in [1.54, 1.807) is 6.07 Å². The third-order valence-corrected chi connectivity index (χ3v) is 3.63. The third kappa shape index (κ3) is 4.96. The number of hydrogen-bond donors (Lipinski definition) is 3. The summed E-state index contributed by atoms with van der Waals surface area (Å²) >= 11 is 0. The van der Waals surface area contributed by atoms with Gasteiger partial charge in [0.1, 0.15) is 0 Å². The molecule has 6 nitrogen and oxygen atoms in total. The maximum absolute atomic E-state index is 11.7. The summed E-state index contributed by atoms with van der Waals surface area (Å²) in [6.45, 7) is 4.10. The zero-order valence-corrected chi connectivity index (χ0v) is 13.8. The zero-order valence-electron chi connectivity index (χ0n) is 13.8. The smallest absolute Gasteiger partial charge is 0.287 e. The van der Waals surface area contributed by atoms with E-state index in [1.807, 2.05) is 24.3 Å². The van der Waals surface area contributed by atoms with E-state index in [1.165, 1.54) is 17.9 Å². The Kier molecular flexibility index (Phi) is 6.14. The minimum absolute atomic E-state index is 0.0798. The van der Waals surface area contributed by atoms with Crippen molar-refractivity contribution < 1.29 is 19.1 Å². The summed E-state index contributed by atoms with van der Waals surface area (Å²) in [5.41, 5.74) is 1.93. The second-order valence-electron chi connectivity index (χ2n) is 5.80. The molecule has 0 spiro atoms. The van der Waals surface area contributed by atoms with Gasteiger partial charge >= 0.3 is 0 Å². The largest absolute Gasteiger partial charge is 0.459 e. The summed E-state index contributed by atoms with van der Waals surface area (Å²) in [4.78, 5) is 23.4. The summed E-state index contributed by atoms with van der Waals surface area (Å²) in [6, 6.07) is 10.7. The van der Waals surface area contributed by atoms with E-state index < -0.39 is 12.0 Å². The van der Waals surface area contributed by atoms with Crippen LogP contribution >= 0.6 is 0 Å². The van der Waals surface area contributed by atoms with Gasteiger partial charge in [-0.3, -0.25) is 9.59 Å². The van der Waals surface area contributed by atoms with Crippen molar-refractivity contribution >= 4 is 11.8 Å².